The van der Waals surface area contributed by atoms with E-state index in [1.54, 1.807) is 4.57 Å². The molecule has 0 spiro atoms. The number of hydrogen-bond donors (Lipinski definition) is 2. The second-order valence-electron chi connectivity index (χ2n) is 7.89. The van der Waals surface area contributed by atoms with Gasteiger partial charge in [-0.1, -0.05) is 47.0 Å². The number of pyridine rings is 1. The maximum atomic E-state index is 12.3. The molecule has 25 heavy (non-hydrogen) atoms. The molecule has 0 bridgehead atoms. The number of anilines is 1. The molecule has 0 radical (unpaired) electrons. The van der Waals surface area contributed by atoms with Crippen LogP contribution in [0.15, 0.2) is 10.9 Å². The number of fused-ring (bicyclic) bond motifs is 1. The number of H-pyrrole nitrogens is 1. The molecule has 2 aromatic rings. The number of nitrogens with two attached hydrogens (primary N) is 1. The van der Waals surface area contributed by atoms with E-state index in [0.717, 1.165) is 31.2 Å². The minimum absolute atomic E-state index is 0.134. The number of hydrogen-bond acceptors (Lipinski definition) is 4. The van der Waals surface area contributed by atoms with Crippen molar-refractivity contribution in [3.8, 4) is 5.88 Å². The van der Waals surface area contributed by atoms with Gasteiger partial charge in [0.25, 0.3) is 0 Å². The number of aromatic nitrogens is 3. The van der Waals surface area contributed by atoms with Crippen molar-refractivity contribution in [3.05, 3.63) is 16.6 Å². The summed E-state index contributed by atoms with van der Waals surface area (Å²) in [6.07, 6.45) is 6.47. The van der Waals surface area contributed by atoms with E-state index in [-0.39, 0.29) is 5.69 Å². The Morgan fingerprint density at radius 3 is 2.68 bits per heavy atom. The first-order chi connectivity index (χ1) is 11.8. The summed E-state index contributed by atoms with van der Waals surface area (Å²) in [6.45, 7) is 10.2. The molecule has 0 aliphatic carbocycles. The SMILES string of the molecule is CCCCOc1cc2c([nH]c(=O)n2CCCCCC(C)(C)C)c(N)n1. The molecule has 0 atom stereocenters. The quantitative estimate of drug-likeness (QED) is 0.668. The fourth-order valence-electron chi connectivity index (χ4n) is 2.87. The van der Waals surface area contributed by atoms with Gasteiger partial charge in [0.15, 0.2) is 5.82 Å². The van der Waals surface area contributed by atoms with Gasteiger partial charge in [-0.15, -0.1) is 0 Å². The van der Waals surface area contributed by atoms with Gasteiger partial charge in [-0.2, -0.15) is 4.98 Å². The highest BCUT2D eigenvalue weighted by Crippen LogP contribution is 2.24. The number of rotatable bonds is 9. The molecule has 3 N–H and O–H groups in total. The molecule has 0 unspecified atom stereocenters. The molecule has 2 aromatic heterocycles. The maximum Gasteiger partial charge on any atom is 0.326 e. The maximum absolute atomic E-state index is 12.3. The summed E-state index contributed by atoms with van der Waals surface area (Å²) in [5.74, 6) is 0.798. The first-order valence-corrected chi connectivity index (χ1v) is 9.33. The fraction of sp³-hybridized carbons (Fsp3) is 0.684. The standard InChI is InChI=1S/C19H32N4O2/c1-5-6-12-25-15-13-14-16(17(20)21-15)22-18(24)23(14)11-9-7-8-10-19(2,3)4/h13H,5-12H2,1-4H3,(H2,20,21)(H,22,24). The average molecular weight is 348 g/mol. The van der Waals surface area contributed by atoms with Crippen LogP contribution in [0.25, 0.3) is 11.0 Å². The molecular weight excluding hydrogens is 316 g/mol. The van der Waals surface area contributed by atoms with Gasteiger partial charge in [0.1, 0.15) is 5.52 Å². The third-order valence-electron chi connectivity index (χ3n) is 4.33. The van der Waals surface area contributed by atoms with Gasteiger partial charge >= 0.3 is 5.69 Å². The molecule has 0 aromatic carbocycles. The normalized spacial score (nSPS) is 12.0. The van der Waals surface area contributed by atoms with Gasteiger partial charge in [0, 0.05) is 12.6 Å². The van der Waals surface area contributed by atoms with Gasteiger partial charge in [0.05, 0.1) is 12.1 Å². The van der Waals surface area contributed by atoms with Crippen molar-refractivity contribution in [2.75, 3.05) is 12.3 Å². The molecule has 140 valence electrons. The molecule has 6 heteroatoms. The Bertz CT molecular complexity index is 740. The lowest BCUT2D eigenvalue weighted by molar-refractivity contribution is 0.298. The summed E-state index contributed by atoms with van der Waals surface area (Å²) in [7, 11) is 0. The highest BCUT2D eigenvalue weighted by atomic mass is 16.5. The van der Waals surface area contributed by atoms with E-state index in [1.807, 2.05) is 6.07 Å². The summed E-state index contributed by atoms with van der Waals surface area (Å²) in [6, 6.07) is 1.81. The first-order valence-electron chi connectivity index (χ1n) is 9.33. The van der Waals surface area contributed by atoms with E-state index in [9.17, 15) is 4.79 Å². The molecule has 0 aliphatic heterocycles. The van der Waals surface area contributed by atoms with Crippen LogP contribution in [0.4, 0.5) is 5.82 Å². The van der Waals surface area contributed by atoms with E-state index < -0.39 is 0 Å². The van der Waals surface area contributed by atoms with E-state index in [2.05, 4.69) is 37.7 Å². The molecule has 6 nitrogen and oxygen atoms in total. The summed E-state index contributed by atoms with van der Waals surface area (Å²) in [5.41, 5.74) is 7.60. The van der Waals surface area contributed by atoms with Gasteiger partial charge in [-0.3, -0.25) is 4.57 Å². The van der Waals surface area contributed by atoms with Crippen LogP contribution in [0.1, 0.15) is 66.2 Å². The van der Waals surface area contributed by atoms with E-state index >= 15 is 0 Å². The van der Waals surface area contributed by atoms with Gasteiger partial charge in [-0.25, -0.2) is 4.79 Å². The summed E-state index contributed by atoms with van der Waals surface area (Å²) in [4.78, 5) is 19.3. The Morgan fingerprint density at radius 1 is 1.24 bits per heavy atom. The van der Waals surface area contributed by atoms with Gasteiger partial charge < -0.3 is 15.5 Å². The Labute approximate surface area is 149 Å². The van der Waals surface area contributed by atoms with Crippen molar-refractivity contribution in [2.45, 2.75) is 72.8 Å². The zero-order valence-electron chi connectivity index (χ0n) is 16.0. The Morgan fingerprint density at radius 2 is 2.00 bits per heavy atom. The number of unbranched alkanes of at least 4 members (excludes halogenated alkanes) is 3. The lowest BCUT2D eigenvalue weighted by atomic mass is 9.89. The molecule has 0 fully saturated rings. The largest absolute Gasteiger partial charge is 0.478 e. The first kappa shape index (κ1) is 19.3. The van der Waals surface area contributed by atoms with Crippen molar-refractivity contribution in [1.82, 2.24) is 14.5 Å². The topological polar surface area (TPSA) is 85.9 Å². The number of nitrogen functional groups attached to an aromatic ring is 1. The molecular formula is C19H32N4O2. The minimum atomic E-state index is -0.134. The van der Waals surface area contributed by atoms with Crippen molar-refractivity contribution in [1.29, 1.82) is 0 Å². The number of aryl methyl sites for hydroxylation is 1. The number of aromatic amines is 1. The van der Waals surface area contributed by atoms with Crippen LogP contribution in [-0.4, -0.2) is 21.1 Å². The van der Waals surface area contributed by atoms with E-state index in [1.165, 1.54) is 12.8 Å². The molecule has 2 rings (SSSR count). The van der Waals surface area contributed by atoms with Crippen molar-refractivity contribution < 1.29 is 4.74 Å². The molecule has 0 aliphatic rings. The van der Waals surface area contributed by atoms with Crippen molar-refractivity contribution >= 4 is 16.9 Å². The van der Waals surface area contributed by atoms with Crippen molar-refractivity contribution in [3.63, 3.8) is 0 Å². The monoisotopic (exact) mass is 348 g/mol. The van der Waals surface area contributed by atoms with Crippen LogP contribution in [0.5, 0.6) is 5.88 Å². The van der Waals surface area contributed by atoms with Crippen LogP contribution in [0.2, 0.25) is 0 Å². The zero-order valence-corrected chi connectivity index (χ0v) is 16.0. The molecule has 0 saturated carbocycles. The molecule has 0 saturated heterocycles. The third kappa shape index (κ3) is 5.51. The summed E-state index contributed by atoms with van der Waals surface area (Å²) >= 11 is 0. The van der Waals surface area contributed by atoms with Crippen LogP contribution >= 0.6 is 0 Å². The zero-order chi connectivity index (χ0) is 18.4. The fourth-order valence-corrected chi connectivity index (χ4v) is 2.87. The molecule has 2 heterocycles. The van der Waals surface area contributed by atoms with E-state index in [0.29, 0.717) is 35.8 Å². The lowest BCUT2D eigenvalue weighted by Gasteiger charge is -2.17. The Kier molecular flexibility index (Phi) is 6.51. The van der Waals surface area contributed by atoms with Crippen LogP contribution in [0, 0.1) is 5.41 Å². The molecule has 0 amide bonds. The number of ether oxygens (including phenoxy) is 1. The Balaban J connectivity index is 2.08. The Hall–Kier alpha value is -1.98. The summed E-state index contributed by atoms with van der Waals surface area (Å²) in [5, 5.41) is 0. The number of imidazole rings is 1. The van der Waals surface area contributed by atoms with Crippen molar-refractivity contribution in [2.24, 2.45) is 5.41 Å². The summed E-state index contributed by atoms with van der Waals surface area (Å²) < 4.78 is 7.41. The average Bonchev–Trinajstić information content (AvgIpc) is 2.83. The predicted octanol–water partition coefficient (Wildman–Crippen LogP) is 4.09. The smallest absolute Gasteiger partial charge is 0.326 e. The van der Waals surface area contributed by atoms with Gasteiger partial charge in [0.2, 0.25) is 5.88 Å². The van der Waals surface area contributed by atoms with Crippen LogP contribution in [-0.2, 0) is 6.54 Å². The van der Waals surface area contributed by atoms with Crippen LogP contribution < -0.4 is 16.2 Å². The third-order valence-corrected chi connectivity index (χ3v) is 4.33. The highest BCUT2D eigenvalue weighted by molar-refractivity contribution is 5.85. The lowest BCUT2D eigenvalue weighted by Crippen LogP contribution is -2.16. The predicted molar refractivity (Wildman–Crippen MR) is 103 cm³/mol. The van der Waals surface area contributed by atoms with Crippen LogP contribution in [0.3, 0.4) is 0 Å². The second kappa shape index (κ2) is 8.41. The minimum Gasteiger partial charge on any atom is -0.478 e. The van der Waals surface area contributed by atoms with Gasteiger partial charge in [-0.05, 0) is 24.7 Å². The number of nitrogens with one attached hydrogen (secondary N) is 1. The van der Waals surface area contributed by atoms with E-state index in [4.69, 9.17) is 10.5 Å². The highest BCUT2D eigenvalue weighted by Gasteiger charge is 2.13. The number of nitrogens with zero attached hydrogens (tertiary/aromatic N) is 2. The second-order valence-corrected chi connectivity index (χ2v) is 7.89.